The minimum atomic E-state index is -0.0928. The van der Waals surface area contributed by atoms with Crippen molar-refractivity contribution in [2.75, 3.05) is 30.7 Å². The Balaban J connectivity index is 1.25. The van der Waals surface area contributed by atoms with Crippen LogP contribution in [0.1, 0.15) is 29.9 Å². The van der Waals surface area contributed by atoms with E-state index in [4.69, 9.17) is 21.0 Å². The van der Waals surface area contributed by atoms with Crippen molar-refractivity contribution in [2.24, 2.45) is 0 Å². The van der Waals surface area contributed by atoms with Gasteiger partial charge in [-0.25, -0.2) is 24.9 Å². The quantitative estimate of drug-likeness (QED) is 0.153. The lowest BCUT2D eigenvalue weighted by atomic mass is 10.0. The van der Waals surface area contributed by atoms with Crippen LogP contribution in [0.2, 0.25) is 0 Å². The summed E-state index contributed by atoms with van der Waals surface area (Å²) in [4.78, 5) is 24.9. The number of nitrogens with zero attached hydrogens (tertiary/aromatic N) is 8. The lowest BCUT2D eigenvalue weighted by Gasteiger charge is -2.32. The number of piperidine rings is 1. The second-order valence-electron chi connectivity index (χ2n) is 11.0. The van der Waals surface area contributed by atoms with E-state index in [0.717, 1.165) is 43.7 Å². The minimum absolute atomic E-state index is 0.0928. The summed E-state index contributed by atoms with van der Waals surface area (Å²) >= 11 is 0. The largest absolute Gasteiger partial charge is 0.392 e. The van der Waals surface area contributed by atoms with Gasteiger partial charge in [0.05, 0.1) is 17.9 Å². The first kappa shape index (κ1) is 31.1. The van der Waals surface area contributed by atoms with Crippen molar-refractivity contribution >= 4 is 28.4 Å². The molecule has 1 aromatic carbocycles. The Morgan fingerprint density at radius 2 is 1.87 bits per heavy atom. The summed E-state index contributed by atoms with van der Waals surface area (Å²) < 4.78 is 2.01. The summed E-state index contributed by atoms with van der Waals surface area (Å²) in [7, 11) is 0. The number of imidazole rings is 1. The predicted octanol–water partition coefficient (Wildman–Crippen LogP) is 4.43. The number of benzene rings is 1. The first-order chi connectivity index (χ1) is 23.1. The van der Waals surface area contributed by atoms with Crippen LogP contribution in [0.25, 0.3) is 33.8 Å². The Morgan fingerprint density at radius 1 is 1.04 bits per heavy atom. The molecule has 4 aromatic heterocycles. The number of anilines is 2. The average molecular weight is 626 g/mol. The fraction of sp³-hybridized carbons (Fsp3) is 0.200. The van der Waals surface area contributed by atoms with Crippen LogP contribution >= 0.6 is 0 Å². The van der Waals surface area contributed by atoms with Gasteiger partial charge in [-0.2, -0.15) is 5.26 Å². The molecule has 6 rings (SSSR count). The van der Waals surface area contributed by atoms with E-state index >= 15 is 0 Å². The zero-order valence-corrected chi connectivity index (χ0v) is 25.8. The van der Waals surface area contributed by atoms with Crippen LogP contribution in [0.3, 0.4) is 0 Å². The number of aliphatic hydroxyl groups excluding tert-OH is 1. The van der Waals surface area contributed by atoms with Crippen LogP contribution in [0.4, 0.5) is 11.6 Å². The Kier molecular flexibility index (Phi) is 9.57. The van der Waals surface area contributed by atoms with Crippen LogP contribution in [-0.4, -0.2) is 65.2 Å². The molecule has 1 fully saturated rings. The molecule has 0 amide bonds. The molecule has 236 valence electrons. The van der Waals surface area contributed by atoms with E-state index in [0.29, 0.717) is 45.9 Å². The Labute approximate surface area is 272 Å². The maximum absolute atomic E-state index is 9.39. The Morgan fingerprint density at radius 3 is 2.62 bits per heavy atom. The van der Waals surface area contributed by atoms with Gasteiger partial charge < -0.3 is 21.5 Å². The number of nitrogen functional groups attached to an aromatic ring is 1. The molecule has 1 aliphatic heterocycles. The van der Waals surface area contributed by atoms with Crippen molar-refractivity contribution in [3.63, 3.8) is 0 Å². The van der Waals surface area contributed by atoms with E-state index in [2.05, 4.69) is 61.3 Å². The topological polar surface area (TPSA) is 167 Å². The van der Waals surface area contributed by atoms with Gasteiger partial charge in [0.2, 0.25) is 5.82 Å². The molecular formula is C35H35N11O. The molecule has 1 saturated heterocycles. The molecule has 0 bridgehead atoms. The predicted molar refractivity (Wildman–Crippen MR) is 183 cm³/mol. The first-order valence-corrected chi connectivity index (χ1v) is 15.3. The summed E-state index contributed by atoms with van der Waals surface area (Å²) in [5.41, 5.74) is 12.0. The molecule has 5 heterocycles. The molecule has 0 saturated carbocycles. The molecular weight excluding hydrogens is 590 g/mol. The maximum Gasteiger partial charge on any atom is 0.234 e. The number of pyridine rings is 2. The number of hydrogen-bond acceptors (Lipinski definition) is 11. The number of likely N-dealkylation sites (tertiary alicyclic amines) is 1. The Bertz CT molecular complexity index is 1970. The fourth-order valence-electron chi connectivity index (χ4n) is 5.63. The highest BCUT2D eigenvalue weighted by atomic mass is 16.2. The van der Waals surface area contributed by atoms with Crippen LogP contribution in [0.15, 0.2) is 98.1 Å². The maximum atomic E-state index is 9.39. The molecule has 0 unspecified atom stereocenters. The van der Waals surface area contributed by atoms with Gasteiger partial charge in [-0.1, -0.05) is 30.9 Å². The molecule has 5 N–H and O–H groups in total. The van der Waals surface area contributed by atoms with Gasteiger partial charge in [0, 0.05) is 55.5 Å². The molecule has 47 heavy (non-hydrogen) atoms. The van der Waals surface area contributed by atoms with Gasteiger partial charge >= 0.3 is 0 Å². The number of aliphatic hydroxyl groups is 1. The normalized spacial score (nSPS) is 14.3. The third-order valence-electron chi connectivity index (χ3n) is 7.94. The minimum Gasteiger partial charge on any atom is -0.392 e. The lowest BCUT2D eigenvalue weighted by molar-refractivity contribution is 0.211. The second-order valence-corrected chi connectivity index (χ2v) is 11.0. The SMILES string of the molecule is C=CN/C=C(\C=C/CO)c1ccc2nc(-c3cccnc3N)n(-c3ccc(CN4CCC(Nc5ccnc(C#N)n5)CC4)cc3)c2n1. The van der Waals surface area contributed by atoms with Gasteiger partial charge in [-0.05, 0) is 67.1 Å². The van der Waals surface area contributed by atoms with Crippen LogP contribution in [-0.2, 0) is 6.54 Å². The van der Waals surface area contributed by atoms with Gasteiger partial charge in [0.1, 0.15) is 23.2 Å². The molecule has 12 heteroatoms. The second kappa shape index (κ2) is 14.5. The zero-order chi connectivity index (χ0) is 32.6. The lowest BCUT2D eigenvalue weighted by Crippen LogP contribution is -2.38. The van der Waals surface area contributed by atoms with E-state index in [-0.39, 0.29) is 12.4 Å². The standard InChI is InChI=1S/C35H35N11O/c1-2-38-22-25(5-4-20-47)29-11-12-30-35(42-29)46(34(43-30)28-6-3-16-40-33(28)37)27-9-7-24(8-10-27)23-45-18-14-26(15-19-45)41-31-13-17-39-32(21-36)44-31/h2-13,16-17,22,26,38,47H,1,14-15,18-20,23H2,(H2,37,40)(H,39,41,44)/b5-4-,25-22+. The first-order valence-electron chi connectivity index (χ1n) is 15.3. The van der Waals surface area contributed by atoms with Crippen molar-refractivity contribution < 1.29 is 5.11 Å². The molecule has 0 atom stereocenters. The molecule has 0 aliphatic carbocycles. The number of rotatable bonds is 11. The highest BCUT2D eigenvalue weighted by molar-refractivity contribution is 5.85. The number of fused-ring (bicyclic) bond motifs is 1. The number of nitrogens with one attached hydrogen (secondary N) is 2. The summed E-state index contributed by atoms with van der Waals surface area (Å²) in [5, 5.41) is 24.9. The van der Waals surface area contributed by atoms with E-state index in [1.54, 1.807) is 43.0 Å². The highest BCUT2D eigenvalue weighted by Gasteiger charge is 2.21. The van der Waals surface area contributed by atoms with E-state index < -0.39 is 0 Å². The summed E-state index contributed by atoms with van der Waals surface area (Å²) in [6.07, 6.45) is 12.0. The summed E-state index contributed by atoms with van der Waals surface area (Å²) in [5.74, 6) is 1.88. The molecule has 0 spiro atoms. The smallest absolute Gasteiger partial charge is 0.234 e. The van der Waals surface area contributed by atoms with E-state index in [9.17, 15) is 5.11 Å². The third-order valence-corrected chi connectivity index (χ3v) is 7.94. The average Bonchev–Trinajstić information content (AvgIpc) is 3.48. The Hall–Kier alpha value is -5.90. The number of nitrogens with two attached hydrogens (primary N) is 1. The number of hydrogen-bond donors (Lipinski definition) is 4. The number of aromatic nitrogens is 6. The van der Waals surface area contributed by atoms with Crippen LogP contribution < -0.4 is 16.4 Å². The molecule has 5 aromatic rings. The fourth-order valence-corrected chi connectivity index (χ4v) is 5.63. The van der Waals surface area contributed by atoms with Crippen molar-refractivity contribution in [3.8, 4) is 23.1 Å². The van der Waals surface area contributed by atoms with Crippen molar-refractivity contribution in [2.45, 2.75) is 25.4 Å². The highest BCUT2D eigenvalue weighted by Crippen LogP contribution is 2.31. The van der Waals surface area contributed by atoms with Gasteiger partial charge in [-0.3, -0.25) is 9.47 Å². The summed E-state index contributed by atoms with van der Waals surface area (Å²) in [6.45, 7) is 6.35. The van der Waals surface area contributed by atoms with Crippen LogP contribution in [0.5, 0.6) is 0 Å². The monoisotopic (exact) mass is 625 g/mol. The van der Waals surface area contributed by atoms with Crippen molar-refractivity contribution in [1.82, 2.24) is 39.7 Å². The third kappa shape index (κ3) is 7.17. The van der Waals surface area contributed by atoms with Gasteiger partial charge in [0.15, 0.2) is 11.5 Å². The zero-order valence-electron chi connectivity index (χ0n) is 25.8. The molecule has 0 radical (unpaired) electrons. The van der Waals surface area contributed by atoms with Crippen molar-refractivity contribution in [1.29, 1.82) is 5.26 Å². The van der Waals surface area contributed by atoms with Crippen LogP contribution in [0, 0.1) is 11.3 Å². The number of allylic oxidation sites excluding steroid dienone is 2. The number of nitriles is 1. The summed E-state index contributed by atoms with van der Waals surface area (Å²) in [6, 6.07) is 20.1. The molecule has 12 nitrogen and oxygen atoms in total. The van der Waals surface area contributed by atoms with Crippen molar-refractivity contribution in [3.05, 3.63) is 115 Å². The van der Waals surface area contributed by atoms with Gasteiger partial charge in [-0.15, -0.1) is 0 Å². The van der Waals surface area contributed by atoms with E-state index in [1.165, 1.54) is 5.56 Å². The van der Waals surface area contributed by atoms with E-state index in [1.807, 2.05) is 34.9 Å². The molecule has 1 aliphatic rings. The van der Waals surface area contributed by atoms with Gasteiger partial charge in [0.25, 0.3) is 0 Å².